The first-order valence-corrected chi connectivity index (χ1v) is 7.00. The van der Waals surface area contributed by atoms with E-state index in [0.717, 1.165) is 23.0 Å². The molecule has 0 heterocycles. The normalized spacial score (nSPS) is 14.5. The zero-order chi connectivity index (χ0) is 13.5. The number of ether oxygens (including phenoxy) is 1. The van der Waals surface area contributed by atoms with Crippen molar-refractivity contribution in [3.8, 4) is 0 Å². The first-order chi connectivity index (χ1) is 8.54. The van der Waals surface area contributed by atoms with Crippen molar-refractivity contribution < 1.29 is 9.13 Å². The van der Waals surface area contributed by atoms with Gasteiger partial charge < -0.3 is 10.1 Å². The van der Waals surface area contributed by atoms with E-state index in [0.29, 0.717) is 18.6 Å². The van der Waals surface area contributed by atoms with Crippen LogP contribution in [0, 0.1) is 11.7 Å². The van der Waals surface area contributed by atoms with Crippen LogP contribution in [0.1, 0.15) is 19.4 Å². The maximum Gasteiger partial charge on any atom is 0.123 e. The Bertz CT molecular complexity index is 373. The van der Waals surface area contributed by atoms with Gasteiger partial charge in [0.15, 0.2) is 0 Å². The Labute approximate surface area is 117 Å². The van der Waals surface area contributed by atoms with Crippen molar-refractivity contribution >= 4 is 15.9 Å². The highest BCUT2D eigenvalue weighted by Gasteiger charge is 2.14. The van der Waals surface area contributed by atoms with Crippen LogP contribution >= 0.6 is 15.9 Å². The van der Waals surface area contributed by atoms with Gasteiger partial charge in [0.05, 0.1) is 6.61 Å². The van der Waals surface area contributed by atoms with Crippen LogP contribution in [0.5, 0.6) is 0 Å². The molecule has 0 aliphatic heterocycles. The van der Waals surface area contributed by atoms with Crippen LogP contribution in [0.2, 0.25) is 0 Å². The van der Waals surface area contributed by atoms with Crippen molar-refractivity contribution in [2.75, 3.05) is 20.3 Å². The molecular weight excluding hydrogens is 297 g/mol. The molecule has 0 amide bonds. The second-order valence-electron chi connectivity index (χ2n) is 4.65. The van der Waals surface area contributed by atoms with Crippen LogP contribution < -0.4 is 5.32 Å². The van der Waals surface area contributed by atoms with E-state index in [2.05, 4.69) is 35.1 Å². The minimum atomic E-state index is -0.180. The molecule has 4 heteroatoms. The van der Waals surface area contributed by atoms with E-state index in [4.69, 9.17) is 4.74 Å². The highest BCUT2D eigenvalue weighted by Crippen LogP contribution is 2.22. The van der Waals surface area contributed by atoms with Crippen LogP contribution in [0.15, 0.2) is 22.7 Å². The fourth-order valence-electron chi connectivity index (χ4n) is 1.81. The zero-order valence-corrected chi connectivity index (χ0v) is 12.8. The molecule has 0 saturated carbocycles. The minimum absolute atomic E-state index is 0.180. The number of benzene rings is 1. The lowest BCUT2D eigenvalue weighted by atomic mass is 9.95. The number of rotatable bonds is 7. The Morgan fingerprint density at radius 3 is 2.78 bits per heavy atom. The Morgan fingerprint density at radius 2 is 2.11 bits per heavy atom. The van der Waals surface area contributed by atoms with Gasteiger partial charge in [0.2, 0.25) is 0 Å². The first-order valence-electron chi connectivity index (χ1n) is 6.20. The van der Waals surface area contributed by atoms with Gasteiger partial charge in [0, 0.05) is 24.2 Å². The molecule has 2 unspecified atom stereocenters. The van der Waals surface area contributed by atoms with Crippen molar-refractivity contribution in [2.45, 2.75) is 26.3 Å². The van der Waals surface area contributed by atoms with Gasteiger partial charge in [-0.2, -0.15) is 0 Å². The highest BCUT2D eigenvalue weighted by atomic mass is 79.9. The number of nitrogens with one attached hydrogen (secondary N) is 1. The molecule has 2 atom stereocenters. The van der Waals surface area contributed by atoms with E-state index < -0.39 is 0 Å². The molecule has 0 aromatic heterocycles. The van der Waals surface area contributed by atoms with Gasteiger partial charge in [-0.25, -0.2) is 4.39 Å². The minimum Gasteiger partial charge on any atom is -0.383 e. The predicted octanol–water partition coefficient (Wildman–Crippen LogP) is 3.39. The maximum atomic E-state index is 13.2. The lowest BCUT2D eigenvalue weighted by Crippen LogP contribution is -2.35. The molecule has 1 aromatic carbocycles. The standard InChI is InChI=1S/C14H21BrFNO/c1-10(11(2)17-6-7-18-3)8-12-9-13(16)4-5-14(12)15/h4-5,9-11,17H,6-8H2,1-3H3. The summed E-state index contributed by atoms with van der Waals surface area (Å²) in [6.45, 7) is 5.86. The van der Waals surface area contributed by atoms with E-state index in [1.54, 1.807) is 19.2 Å². The van der Waals surface area contributed by atoms with E-state index >= 15 is 0 Å². The lowest BCUT2D eigenvalue weighted by Gasteiger charge is -2.22. The summed E-state index contributed by atoms with van der Waals surface area (Å²) in [7, 11) is 1.69. The molecular formula is C14H21BrFNO. The molecule has 0 spiro atoms. The smallest absolute Gasteiger partial charge is 0.123 e. The van der Waals surface area contributed by atoms with Crippen LogP contribution in [-0.4, -0.2) is 26.3 Å². The largest absolute Gasteiger partial charge is 0.383 e. The predicted molar refractivity (Wildman–Crippen MR) is 76.3 cm³/mol. The average Bonchev–Trinajstić information content (AvgIpc) is 2.34. The summed E-state index contributed by atoms with van der Waals surface area (Å²) < 4.78 is 19.2. The van der Waals surface area contributed by atoms with E-state index in [9.17, 15) is 4.39 Å². The molecule has 0 radical (unpaired) electrons. The van der Waals surface area contributed by atoms with Gasteiger partial charge in [-0.15, -0.1) is 0 Å². The molecule has 0 aliphatic rings. The number of halogens is 2. The van der Waals surface area contributed by atoms with E-state index in [-0.39, 0.29) is 5.82 Å². The summed E-state index contributed by atoms with van der Waals surface area (Å²) in [5, 5.41) is 3.40. The molecule has 18 heavy (non-hydrogen) atoms. The fraction of sp³-hybridized carbons (Fsp3) is 0.571. The van der Waals surface area contributed by atoms with Gasteiger partial charge in [0.25, 0.3) is 0 Å². The molecule has 1 rings (SSSR count). The van der Waals surface area contributed by atoms with Crippen molar-refractivity contribution in [2.24, 2.45) is 5.92 Å². The van der Waals surface area contributed by atoms with Gasteiger partial charge in [-0.1, -0.05) is 22.9 Å². The number of hydrogen-bond acceptors (Lipinski definition) is 2. The fourth-order valence-corrected chi connectivity index (χ4v) is 2.22. The van der Waals surface area contributed by atoms with Crippen molar-refractivity contribution in [3.05, 3.63) is 34.1 Å². The summed E-state index contributed by atoms with van der Waals surface area (Å²) >= 11 is 3.46. The Hall–Kier alpha value is -0.450. The second-order valence-corrected chi connectivity index (χ2v) is 5.51. The Kier molecular flexibility index (Phi) is 6.82. The summed E-state index contributed by atoms with van der Waals surface area (Å²) in [5.74, 6) is 0.250. The molecule has 0 fully saturated rings. The SMILES string of the molecule is COCCNC(C)C(C)Cc1cc(F)ccc1Br. The third kappa shape index (κ3) is 5.04. The third-order valence-corrected chi connectivity index (χ3v) is 3.95. The topological polar surface area (TPSA) is 21.3 Å². The molecule has 0 bridgehead atoms. The van der Waals surface area contributed by atoms with Gasteiger partial charge >= 0.3 is 0 Å². The molecule has 1 N–H and O–H groups in total. The molecule has 0 saturated heterocycles. The van der Waals surface area contributed by atoms with E-state index in [1.165, 1.54) is 6.07 Å². The Balaban J connectivity index is 2.52. The van der Waals surface area contributed by atoms with Gasteiger partial charge in [0.1, 0.15) is 5.82 Å². The highest BCUT2D eigenvalue weighted by molar-refractivity contribution is 9.10. The maximum absolute atomic E-state index is 13.2. The summed E-state index contributed by atoms with van der Waals surface area (Å²) in [4.78, 5) is 0. The second kappa shape index (κ2) is 7.87. The molecule has 102 valence electrons. The zero-order valence-electron chi connectivity index (χ0n) is 11.2. The van der Waals surface area contributed by atoms with Crippen LogP contribution in [-0.2, 0) is 11.2 Å². The van der Waals surface area contributed by atoms with Crippen LogP contribution in [0.3, 0.4) is 0 Å². The Morgan fingerprint density at radius 1 is 1.39 bits per heavy atom. The van der Waals surface area contributed by atoms with Crippen molar-refractivity contribution in [3.63, 3.8) is 0 Å². The van der Waals surface area contributed by atoms with Crippen LogP contribution in [0.25, 0.3) is 0 Å². The van der Waals surface area contributed by atoms with Gasteiger partial charge in [-0.05, 0) is 43.0 Å². The molecule has 0 aliphatic carbocycles. The third-order valence-electron chi connectivity index (χ3n) is 3.18. The summed E-state index contributed by atoms with van der Waals surface area (Å²) in [5.41, 5.74) is 1.02. The monoisotopic (exact) mass is 317 g/mol. The molecule has 2 nitrogen and oxygen atoms in total. The van der Waals surface area contributed by atoms with Crippen molar-refractivity contribution in [1.82, 2.24) is 5.32 Å². The van der Waals surface area contributed by atoms with E-state index in [1.807, 2.05) is 0 Å². The van der Waals surface area contributed by atoms with Gasteiger partial charge in [-0.3, -0.25) is 0 Å². The molecule has 1 aromatic rings. The van der Waals surface area contributed by atoms with Crippen LogP contribution in [0.4, 0.5) is 4.39 Å². The van der Waals surface area contributed by atoms with Crippen molar-refractivity contribution in [1.29, 1.82) is 0 Å². The quantitative estimate of drug-likeness (QED) is 0.778. The number of methoxy groups -OCH3 is 1. The first kappa shape index (κ1) is 15.6. The summed E-state index contributed by atoms with van der Waals surface area (Å²) in [6.07, 6.45) is 0.847. The number of hydrogen-bond donors (Lipinski definition) is 1. The lowest BCUT2D eigenvalue weighted by molar-refractivity contribution is 0.192. The summed E-state index contributed by atoms with van der Waals surface area (Å²) in [6, 6.07) is 5.21. The average molecular weight is 318 g/mol.